The highest BCUT2D eigenvalue weighted by atomic mass is 16.5. The number of aryl methyl sites for hydroxylation is 2. The molecule has 1 fully saturated rings. The molecule has 1 N–H and O–H groups in total. The Balaban J connectivity index is 2.37. The third kappa shape index (κ3) is 2.46. The molecule has 2 heterocycles. The zero-order valence-corrected chi connectivity index (χ0v) is 13.1. The molecule has 0 amide bonds. The van der Waals surface area contributed by atoms with Gasteiger partial charge in [-0.3, -0.25) is 0 Å². The summed E-state index contributed by atoms with van der Waals surface area (Å²) >= 11 is 0. The van der Waals surface area contributed by atoms with Crippen molar-refractivity contribution in [1.82, 2.24) is 0 Å². The Labute approximate surface area is 116 Å². The fourth-order valence-corrected chi connectivity index (χ4v) is 3.54. The number of rotatable bonds is 2. The van der Waals surface area contributed by atoms with Crippen molar-refractivity contribution in [1.29, 1.82) is 0 Å². The first kappa shape index (κ1) is 14.6. The number of aliphatic hydroxyl groups excluding tert-OH is 1. The summed E-state index contributed by atoms with van der Waals surface area (Å²) in [7, 11) is 0. The van der Waals surface area contributed by atoms with Crippen LogP contribution in [0.3, 0.4) is 0 Å². The van der Waals surface area contributed by atoms with E-state index in [1.807, 2.05) is 20.8 Å². The monoisotopic (exact) mass is 266 g/mol. The summed E-state index contributed by atoms with van der Waals surface area (Å²) in [5.74, 6) is 1.79. The highest BCUT2D eigenvalue weighted by molar-refractivity contribution is 5.34. The quantitative estimate of drug-likeness (QED) is 0.884. The molecule has 0 radical (unpaired) electrons. The maximum Gasteiger partial charge on any atom is 0.107 e. The molecule has 1 aromatic heterocycles. The molecule has 1 aliphatic rings. The van der Waals surface area contributed by atoms with Crippen LogP contribution in [-0.4, -0.2) is 16.3 Å². The molecule has 1 aromatic rings. The predicted octanol–water partition coefficient (Wildman–Crippen LogP) is 3.83. The lowest BCUT2D eigenvalue weighted by Crippen LogP contribution is -2.33. The number of aliphatic hydroxyl groups is 1. The SMILES string of the molecule is Cc1oc(C)c(C(O)C2CC(C)(C)OC2(C)C)c1C. The van der Waals surface area contributed by atoms with E-state index in [1.54, 1.807) is 0 Å². The molecule has 1 saturated heterocycles. The number of hydrogen-bond acceptors (Lipinski definition) is 3. The van der Waals surface area contributed by atoms with Gasteiger partial charge in [-0.15, -0.1) is 0 Å². The average Bonchev–Trinajstić information content (AvgIpc) is 2.60. The maximum atomic E-state index is 10.8. The molecular weight excluding hydrogens is 240 g/mol. The Morgan fingerprint density at radius 1 is 1.11 bits per heavy atom. The Morgan fingerprint density at radius 3 is 2.05 bits per heavy atom. The number of ether oxygens (including phenoxy) is 1. The second-order valence-corrected chi connectivity index (χ2v) is 6.97. The van der Waals surface area contributed by atoms with E-state index in [4.69, 9.17) is 9.15 Å². The normalized spacial score (nSPS) is 26.6. The van der Waals surface area contributed by atoms with Crippen LogP contribution >= 0.6 is 0 Å². The second kappa shape index (κ2) is 4.35. The molecule has 1 aliphatic heterocycles. The predicted molar refractivity (Wildman–Crippen MR) is 75.2 cm³/mol. The number of hydrogen-bond donors (Lipinski definition) is 1. The van der Waals surface area contributed by atoms with Gasteiger partial charge in [0.2, 0.25) is 0 Å². The van der Waals surface area contributed by atoms with E-state index < -0.39 is 6.10 Å². The minimum absolute atomic E-state index is 0.0805. The first-order valence-electron chi connectivity index (χ1n) is 7.00. The minimum Gasteiger partial charge on any atom is -0.466 e. The van der Waals surface area contributed by atoms with Gasteiger partial charge in [0.15, 0.2) is 0 Å². The van der Waals surface area contributed by atoms with Crippen LogP contribution in [0.15, 0.2) is 4.42 Å². The smallest absolute Gasteiger partial charge is 0.107 e. The van der Waals surface area contributed by atoms with Crippen LogP contribution in [0.5, 0.6) is 0 Å². The topological polar surface area (TPSA) is 42.6 Å². The number of furan rings is 1. The lowest BCUT2D eigenvalue weighted by molar-refractivity contribution is -0.0881. The van der Waals surface area contributed by atoms with Gasteiger partial charge in [0, 0.05) is 11.5 Å². The first-order valence-corrected chi connectivity index (χ1v) is 7.00. The van der Waals surface area contributed by atoms with E-state index in [2.05, 4.69) is 27.7 Å². The minimum atomic E-state index is -0.533. The highest BCUT2D eigenvalue weighted by Gasteiger charge is 2.49. The second-order valence-electron chi connectivity index (χ2n) is 6.97. The molecule has 2 rings (SSSR count). The molecule has 0 saturated carbocycles. The lowest BCUT2D eigenvalue weighted by Gasteiger charge is -2.30. The van der Waals surface area contributed by atoms with Gasteiger partial charge in [-0.25, -0.2) is 0 Å². The van der Waals surface area contributed by atoms with Gasteiger partial charge in [-0.1, -0.05) is 0 Å². The van der Waals surface area contributed by atoms with Crippen molar-refractivity contribution in [3.05, 3.63) is 22.6 Å². The molecule has 0 aromatic carbocycles. The van der Waals surface area contributed by atoms with Crippen LogP contribution in [-0.2, 0) is 4.74 Å². The van der Waals surface area contributed by atoms with Crippen LogP contribution < -0.4 is 0 Å². The van der Waals surface area contributed by atoms with E-state index >= 15 is 0 Å². The van der Waals surface area contributed by atoms with Crippen LogP contribution in [0.4, 0.5) is 0 Å². The van der Waals surface area contributed by atoms with E-state index in [9.17, 15) is 5.11 Å². The van der Waals surface area contributed by atoms with Crippen molar-refractivity contribution < 1.29 is 14.3 Å². The van der Waals surface area contributed by atoms with Gasteiger partial charge in [-0.05, 0) is 60.5 Å². The molecule has 19 heavy (non-hydrogen) atoms. The van der Waals surface area contributed by atoms with Crippen molar-refractivity contribution >= 4 is 0 Å². The molecule has 0 spiro atoms. The Bertz CT molecular complexity index is 482. The average molecular weight is 266 g/mol. The van der Waals surface area contributed by atoms with Crippen LogP contribution in [0, 0.1) is 26.7 Å². The molecule has 0 bridgehead atoms. The molecule has 0 aliphatic carbocycles. The highest BCUT2D eigenvalue weighted by Crippen LogP contribution is 2.48. The summed E-state index contributed by atoms with van der Waals surface area (Å²) in [5.41, 5.74) is 1.49. The van der Waals surface area contributed by atoms with E-state index in [0.29, 0.717) is 0 Å². The van der Waals surface area contributed by atoms with Gasteiger partial charge in [0.1, 0.15) is 11.5 Å². The third-order valence-corrected chi connectivity index (χ3v) is 4.44. The van der Waals surface area contributed by atoms with Crippen molar-refractivity contribution in [2.45, 2.75) is 72.2 Å². The fourth-order valence-electron chi connectivity index (χ4n) is 3.54. The van der Waals surface area contributed by atoms with Gasteiger partial charge < -0.3 is 14.3 Å². The maximum absolute atomic E-state index is 10.8. The molecule has 2 atom stereocenters. The van der Waals surface area contributed by atoms with E-state index in [0.717, 1.165) is 29.1 Å². The van der Waals surface area contributed by atoms with Gasteiger partial charge in [-0.2, -0.15) is 0 Å². The van der Waals surface area contributed by atoms with E-state index in [1.165, 1.54) is 0 Å². The summed E-state index contributed by atoms with van der Waals surface area (Å²) in [6, 6.07) is 0. The van der Waals surface area contributed by atoms with E-state index in [-0.39, 0.29) is 17.1 Å². The third-order valence-electron chi connectivity index (χ3n) is 4.44. The van der Waals surface area contributed by atoms with Crippen molar-refractivity contribution in [2.24, 2.45) is 5.92 Å². The van der Waals surface area contributed by atoms with Crippen LogP contribution in [0.1, 0.15) is 62.9 Å². The zero-order valence-electron chi connectivity index (χ0n) is 13.1. The Kier molecular flexibility index (Phi) is 3.35. The van der Waals surface area contributed by atoms with Crippen molar-refractivity contribution in [3.8, 4) is 0 Å². The van der Waals surface area contributed by atoms with Gasteiger partial charge in [0.05, 0.1) is 17.3 Å². The van der Waals surface area contributed by atoms with Crippen molar-refractivity contribution in [3.63, 3.8) is 0 Å². The molecule has 3 heteroatoms. The van der Waals surface area contributed by atoms with Crippen LogP contribution in [0.2, 0.25) is 0 Å². The summed E-state index contributed by atoms with van der Waals surface area (Å²) in [6.07, 6.45) is 0.318. The largest absolute Gasteiger partial charge is 0.466 e. The molecule has 2 unspecified atom stereocenters. The molecular formula is C16H26O3. The summed E-state index contributed by atoms with van der Waals surface area (Å²) in [6.45, 7) is 14.2. The summed E-state index contributed by atoms with van der Waals surface area (Å²) in [4.78, 5) is 0. The zero-order chi connectivity index (χ0) is 14.6. The molecule has 3 nitrogen and oxygen atoms in total. The van der Waals surface area contributed by atoms with Gasteiger partial charge >= 0.3 is 0 Å². The van der Waals surface area contributed by atoms with Crippen LogP contribution in [0.25, 0.3) is 0 Å². The standard InChI is InChI=1S/C16H26O3/c1-9-10(2)18-11(3)13(9)14(17)12-8-15(4,5)19-16(12,6)7/h12,14,17H,8H2,1-7H3. The van der Waals surface area contributed by atoms with Crippen molar-refractivity contribution in [2.75, 3.05) is 0 Å². The fraction of sp³-hybridized carbons (Fsp3) is 0.750. The summed E-state index contributed by atoms with van der Waals surface area (Å²) < 4.78 is 11.7. The Morgan fingerprint density at radius 2 is 1.68 bits per heavy atom. The lowest BCUT2D eigenvalue weighted by atomic mass is 9.79. The Hall–Kier alpha value is -0.800. The van der Waals surface area contributed by atoms with Gasteiger partial charge in [0.25, 0.3) is 0 Å². The molecule has 108 valence electrons. The summed E-state index contributed by atoms with van der Waals surface area (Å²) in [5, 5.41) is 10.8. The first-order chi connectivity index (χ1) is 8.55.